The number of alkyl halides is 6. The van der Waals surface area contributed by atoms with Crippen molar-refractivity contribution < 1.29 is 45.2 Å². The molecule has 0 amide bonds. The molecule has 0 aliphatic carbocycles. The molecular formula is C4HF8NO2. The molecule has 0 aliphatic rings. The maximum atomic E-state index is 12.4. The van der Waals surface area contributed by atoms with Crippen molar-refractivity contribution in [1.29, 1.82) is 0 Å². The van der Waals surface area contributed by atoms with Crippen LogP contribution >= 0.6 is 0 Å². The van der Waals surface area contributed by atoms with Gasteiger partial charge in [-0.05, 0) is 0 Å². The maximum absolute atomic E-state index is 12.4. The highest BCUT2D eigenvalue weighted by molar-refractivity contribution is 5.78. The number of halogens is 8. The lowest BCUT2D eigenvalue weighted by atomic mass is 10.1. The van der Waals surface area contributed by atoms with Crippen molar-refractivity contribution in [2.75, 3.05) is 0 Å². The minimum Gasteiger partial charge on any atom is -0.478 e. The third-order valence-electron chi connectivity index (χ3n) is 1.29. The van der Waals surface area contributed by atoms with E-state index in [4.69, 9.17) is 5.11 Å². The highest BCUT2D eigenvalue weighted by Crippen LogP contribution is 2.47. The molecule has 90 valence electrons. The van der Waals surface area contributed by atoms with Crippen molar-refractivity contribution >= 4 is 5.97 Å². The average molecular weight is 247 g/mol. The second-order valence-electron chi connectivity index (χ2n) is 2.23. The lowest BCUT2D eigenvalue weighted by Gasteiger charge is -2.30. The molecule has 0 aromatic heterocycles. The van der Waals surface area contributed by atoms with E-state index in [1.54, 1.807) is 0 Å². The monoisotopic (exact) mass is 247 g/mol. The van der Waals surface area contributed by atoms with Crippen LogP contribution in [-0.2, 0) is 4.79 Å². The number of nitrogens with zero attached hydrogens (tertiary/aromatic N) is 1. The molecule has 1 N–H and O–H groups in total. The Morgan fingerprint density at radius 3 is 1.40 bits per heavy atom. The number of carbonyl (C=O) groups is 1. The smallest absolute Gasteiger partial charge is 0.459 e. The van der Waals surface area contributed by atoms with Crippen molar-refractivity contribution in [3.63, 3.8) is 0 Å². The summed E-state index contributed by atoms with van der Waals surface area (Å²) in [4.78, 5) is 9.68. The van der Waals surface area contributed by atoms with Crippen LogP contribution in [0.3, 0.4) is 0 Å². The number of carboxylic acids is 1. The largest absolute Gasteiger partial charge is 0.478 e. The SMILES string of the molecule is O=C(O)C(F)(N(F)F)C(F)(F)C(F)(F)F. The van der Waals surface area contributed by atoms with Crippen molar-refractivity contribution in [1.82, 2.24) is 5.34 Å². The van der Waals surface area contributed by atoms with Crippen LogP contribution in [-0.4, -0.2) is 34.3 Å². The molecule has 0 aliphatic heterocycles. The van der Waals surface area contributed by atoms with Crippen LogP contribution in [0.2, 0.25) is 0 Å². The first-order chi connectivity index (χ1) is 6.39. The molecule has 1 unspecified atom stereocenters. The Kier molecular flexibility index (Phi) is 3.21. The molecule has 0 bridgehead atoms. The zero-order valence-electron chi connectivity index (χ0n) is 6.33. The fourth-order valence-electron chi connectivity index (χ4n) is 0.501. The average Bonchev–Trinajstić information content (AvgIpc) is 1.99. The predicted molar refractivity (Wildman–Crippen MR) is 26.5 cm³/mol. The van der Waals surface area contributed by atoms with E-state index < -0.39 is 29.2 Å². The lowest BCUT2D eigenvalue weighted by molar-refractivity contribution is -0.399. The molecule has 11 heteroatoms. The first kappa shape index (κ1) is 13.9. The summed E-state index contributed by atoms with van der Waals surface area (Å²) in [6, 6.07) is 0. The zero-order chi connectivity index (χ0) is 12.7. The van der Waals surface area contributed by atoms with Crippen molar-refractivity contribution in [3.8, 4) is 0 Å². The van der Waals surface area contributed by atoms with Gasteiger partial charge >= 0.3 is 23.9 Å². The Morgan fingerprint density at radius 2 is 1.33 bits per heavy atom. The zero-order valence-corrected chi connectivity index (χ0v) is 6.33. The van der Waals surface area contributed by atoms with Gasteiger partial charge in [-0.3, -0.25) is 0 Å². The summed E-state index contributed by atoms with van der Waals surface area (Å²) in [5.74, 6) is -16.6. The molecule has 0 saturated heterocycles. The minimum atomic E-state index is -6.77. The van der Waals surface area contributed by atoms with Crippen LogP contribution < -0.4 is 0 Å². The number of rotatable bonds is 3. The molecule has 0 aromatic rings. The molecule has 0 fully saturated rings. The molecular weight excluding hydrogens is 246 g/mol. The van der Waals surface area contributed by atoms with E-state index in [-0.39, 0.29) is 0 Å². The van der Waals surface area contributed by atoms with Gasteiger partial charge in [0.05, 0.1) is 5.34 Å². The van der Waals surface area contributed by atoms with E-state index in [2.05, 4.69) is 0 Å². The second-order valence-corrected chi connectivity index (χ2v) is 2.23. The van der Waals surface area contributed by atoms with E-state index in [9.17, 15) is 40.1 Å². The fourth-order valence-corrected chi connectivity index (χ4v) is 0.501. The van der Waals surface area contributed by atoms with Crippen molar-refractivity contribution in [3.05, 3.63) is 0 Å². The highest BCUT2D eigenvalue weighted by atomic mass is 19.4. The molecule has 0 heterocycles. The molecule has 0 spiro atoms. The molecule has 0 saturated carbocycles. The van der Waals surface area contributed by atoms with E-state index >= 15 is 0 Å². The standard InChI is InChI=1S/C4HF8NO2/c5-2(1(14)15,13(11)12)3(6,7)4(8,9)10/h(H,14,15). The van der Waals surface area contributed by atoms with Gasteiger partial charge in [-0.25, -0.2) is 9.18 Å². The van der Waals surface area contributed by atoms with Gasteiger partial charge in [-0.15, -0.1) is 0 Å². The third kappa shape index (κ3) is 1.82. The van der Waals surface area contributed by atoms with E-state index in [1.165, 1.54) is 0 Å². The quantitative estimate of drug-likeness (QED) is 0.471. The summed E-state index contributed by atoms with van der Waals surface area (Å²) in [5, 5.41) is 4.28. The molecule has 0 radical (unpaired) electrons. The normalized spacial score (nSPS) is 17.7. The topological polar surface area (TPSA) is 40.5 Å². The predicted octanol–water partition coefficient (Wildman–Crippen LogP) is 2.01. The van der Waals surface area contributed by atoms with Gasteiger partial charge in [0.15, 0.2) is 0 Å². The highest BCUT2D eigenvalue weighted by Gasteiger charge is 2.79. The third-order valence-corrected chi connectivity index (χ3v) is 1.29. The summed E-state index contributed by atoms with van der Waals surface area (Å²) < 4.78 is 93.8. The molecule has 3 nitrogen and oxygen atoms in total. The fraction of sp³-hybridized carbons (Fsp3) is 0.750. The summed E-state index contributed by atoms with van der Waals surface area (Å²) >= 11 is 0. The van der Waals surface area contributed by atoms with Gasteiger partial charge in [0, 0.05) is 0 Å². The van der Waals surface area contributed by atoms with E-state index in [0.29, 0.717) is 0 Å². The number of hydrogen-bond acceptors (Lipinski definition) is 2. The van der Waals surface area contributed by atoms with Gasteiger partial charge in [0.1, 0.15) is 0 Å². The summed E-state index contributed by atoms with van der Waals surface area (Å²) in [6.07, 6.45) is -6.77. The van der Waals surface area contributed by atoms with E-state index in [0.717, 1.165) is 0 Å². The summed E-state index contributed by atoms with van der Waals surface area (Å²) in [6.45, 7) is 0. The van der Waals surface area contributed by atoms with Crippen LogP contribution in [0.5, 0.6) is 0 Å². The van der Waals surface area contributed by atoms with Gasteiger partial charge in [-0.1, -0.05) is 8.96 Å². The van der Waals surface area contributed by atoms with E-state index in [1.807, 2.05) is 0 Å². The maximum Gasteiger partial charge on any atom is 0.459 e. The second kappa shape index (κ2) is 3.47. The number of aliphatic carboxylic acids is 1. The van der Waals surface area contributed by atoms with Crippen LogP contribution in [0.15, 0.2) is 0 Å². The first-order valence-corrected chi connectivity index (χ1v) is 2.87. The Hall–Kier alpha value is -1.13. The van der Waals surface area contributed by atoms with Gasteiger partial charge in [-0.2, -0.15) is 22.0 Å². The number of hydrogen-bond donors (Lipinski definition) is 1. The Morgan fingerprint density at radius 1 is 1.00 bits per heavy atom. The van der Waals surface area contributed by atoms with Gasteiger partial charge < -0.3 is 5.11 Å². The van der Waals surface area contributed by atoms with Crippen LogP contribution in [0.25, 0.3) is 0 Å². The Balaban J connectivity index is 5.57. The van der Waals surface area contributed by atoms with Crippen LogP contribution in [0.4, 0.5) is 35.3 Å². The van der Waals surface area contributed by atoms with Crippen LogP contribution in [0, 0.1) is 0 Å². The lowest BCUT2D eigenvalue weighted by Crippen LogP contribution is -2.63. The molecule has 0 rings (SSSR count). The molecule has 1 atom stereocenters. The minimum absolute atomic E-state index is 3.34. The number of carboxylic acid groups (broad SMARTS) is 1. The summed E-state index contributed by atoms with van der Waals surface area (Å²) in [5.41, 5.74) is 0. The first-order valence-electron chi connectivity index (χ1n) is 2.87. The summed E-state index contributed by atoms with van der Waals surface area (Å²) in [7, 11) is 0. The van der Waals surface area contributed by atoms with Gasteiger partial charge in [0.2, 0.25) is 0 Å². The van der Waals surface area contributed by atoms with Crippen molar-refractivity contribution in [2.24, 2.45) is 0 Å². The Bertz CT molecular complexity index is 262. The van der Waals surface area contributed by atoms with Crippen molar-refractivity contribution in [2.45, 2.75) is 17.9 Å². The van der Waals surface area contributed by atoms with Crippen LogP contribution in [0.1, 0.15) is 0 Å². The molecule has 0 aromatic carbocycles. The Labute approximate surface area is 75.7 Å². The molecule has 15 heavy (non-hydrogen) atoms. The van der Waals surface area contributed by atoms with Gasteiger partial charge in [0.25, 0.3) is 0 Å².